The van der Waals surface area contributed by atoms with Crippen molar-refractivity contribution in [3.8, 4) is 11.9 Å². The van der Waals surface area contributed by atoms with Gasteiger partial charge in [0.2, 0.25) is 6.19 Å². The Bertz CT molecular complexity index is 648. The van der Waals surface area contributed by atoms with E-state index < -0.39 is 6.10 Å². The van der Waals surface area contributed by atoms with Crippen LogP contribution in [0, 0.1) is 18.4 Å². The van der Waals surface area contributed by atoms with E-state index >= 15 is 0 Å². The van der Waals surface area contributed by atoms with Crippen molar-refractivity contribution < 1.29 is 9.53 Å². The molecule has 2 rings (SSSR count). The van der Waals surface area contributed by atoms with Gasteiger partial charge < -0.3 is 14.5 Å². The van der Waals surface area contributed by atoms with Crippen molar-refractivity contribution in [2.24, 2.45) is 4.99 Å². The highest BCUT2D eigenvalue weighted by atomic mass is 32.2. The molecule has 0 aromatic heterocycles. The molecular weight excluding hydrogens is 324 g/mol. The number of hydrogen-bond donors (Lipinski definition) is 0. The fourth-order valence-electron chi connectivity index (χ4n) is 2.61. The van der Waals surface area contributed by atoms with E-state index in [0.29, 0.717) is 37.1 Å². The predicted molar refractivity (Wildman–Crippen MR) is 96.0 cm³/mol. The van der Waals surface area contributed by atoms with Gasteiger partial charge in [-0.3, -0.25) is 4.79 Å². The zero-order chi connectivity index (χ0) is 17.5. The van der Waals surface area contributed by atoms with Crippen molar-refractivity contribution in [2.75, 3.05) is 32.4 Å². The first-order valence-corrected chi connectivity index (χ1v) is 9.05. The Morgan fingerprint density at radius 2 is 2.00 bits per heavy atom. The van der Waals surface area contributed by atoms with Gasteiger partial charge in [0.1, 0.15) is 5.75 Å². The maximum absolute atomic E-state index is 12.6. The monoisotopic (exact) mass is 346 g/mol. The van der Waals surface area contributed by atoms with E-state index in [0.717, 1.165) is 5.56 Å². The lowest BCUT2D eigenvalue weighted by molar-refractivity contribution is -0.139. The zero-order valence-electron chi connectivity index (χ0n) is 14.2. The molecule has 1 aliphatic rings. The molecule has 1 aromatic rings. The van der Waals surface area contributed by atoms with Crippen LogP contribution in [0.25, 0.3) is 0 Å². The fourth-order valence-corrected chi connectivity index (χ4v) is 3.18. The molecule has 0 bridgehead atoms. The maximum Gasteiger partial charge on any atom is 0.263 e. The Hall–Kier alpha value is -2.20. The molecule has 1 atom stereocenters. The van der Waals surface area contributed by atoms with Crippen LogP contribution in [0.1, 0.15) is 12.5 Å². The van der Waals surface area contributed by atoms with Crippen molar-refractivity contribution in [2.45, 2.75) is 20.0 Å². The van der Waals surface area contributed by atoms with Gasteiger partial charge in [0.25, 0.3) is 5.91 Å². The fraction of sp³-hybridized carbons (Fsp3) is 0.471. The molecule has 1 heterocycles. The second-order valence-corrected chi connectivity index (χ2v) is 6.36. The lowest BCUT2D eigenvalue weighted by Crippen LogP contribution is -2.52. The highest BCUT2D eigenvalue weighted by molar-refractivity contribution is 8.13. The summed E-state index contributed by atoms with van der Waals surface area (Å²) in [6.45, 7) is 6.32. The number of aryl methyl sites for hydroxylation is 1. The van der Waals surface area contributed by atoms with Gasteiger partial charge in [-0.2, -0.15) is 5.26 Å². The van der Waals surface area contributed by atoms with E-state index in [9.17, 15) is 4.79 Å². The summed E-state index contributed by atoms with van der Waals surface area (Å²) in [7, 11) is 0. The van der Waals surface area contributed by atoms with E-state index in [4.69, 9.17) is 10.00 Å². The molecule has 128 valence electrons. The number of rotatable bonds is 3. The van der Waals surface area contributed by atoms with Gasteiger partial charge >= 0.3 is 0 Å². The first kappa shape index (κ1) is 18.1. The Morgan fingerprint density at radius 1 is 1.33 bits per heavy atom. The summed E-state index contributed by atoms with van der Waals surface area (Å²) in [6, 6.07) is 7.69. The van der Waals surface area contributed by atoms with Crippen molar-refractivity contribution in [1.29, 1.82) is 5.26 Å². The number of amidine groups is 1. The summed E-state index contributed by atoms with van der Waals surface area (Å²) in [4.78, 5) is 20.2. The van der Waals surface area contributed by atoms with Gasteiger partial charge in [-0.05, 0) is 37.8 Å². The summed E-state index contributed by atoms with van der Waals surface area (Å²) in [5, 5.41) is 9.41. The smallest absolute Gasteiger partial charge is 0.263 e. The quantitative estimate of drug-likeness (QED) is 0.476. The van der Waals surface area contributed by atoms with E-state index in [1.54, 1.807) is 11.8 Å². The summed E-state index contributed by atoms with van der Waals surface area (Å²) < 4.78 is 5.77. The van der Waals surface area contributed by atoms with Crippen LogP contribution in [0.3, 0.4) is 0 Å². The molecule has 24 heavy (non-hydrogen) atoms. The zero-order valence-corrected chi connectivity index (χ0v) is 15.0. The first-order valence-electron chi connectivity index (χ1n) is 7.83. The minimum Gasteiger partial charge on any atom is -0.481 e. The molecule has 0 N–H and O–H groups in total. The van der Waals surface area contributed by atoms with Gasteiger partial charge in [-0.15, -0.1) is 4.99 Å². The molecule has 0 aliphatic carbocycles. The normalized spacial score (nSPS) is 16.5. The standard InChI is InChI=1S/C17H22N4O2S/c1-13-5-4-6-15(11-13)23-14(2)16(22)20-7-9-21(10-8-20)17(24-3)19-12-18/h4-6,11,14H,7-10H2,1-3H3. The average molecular weight is 346 g/mol. The van der Waals surface area contributed by atoms with Crippen LogP contribution in [-0.4, -0.2) is 59.4 Å². The van der Waals surface area contributed by atoms with E-state index in [-0.39, 0.29) is 5.91 Å². The number of carbonyl (C=O) groups is 1. The van der Waals surface area contributed by atoms with Crippen LogP contribution in [0.5, 0.6) is 5.75 Å². The van der Waals surface area contributed by atoms with Crippen LogP contribution >= 0.6 is 11.8 Å². The lowest BCUT2D eigenvalue weighted by Gasteiger charge is -2.36. The molecule has 0 spiro atoms. The third kappa shape index (κ3) is 4.65. The highest BCUT2D eigenvalue weighted by Gasteiger charge is 2.27. The molecule has 1 unspecified atom stereocenters. The van der Waals surface area contributed by atoms with E-state index in [1.165, 1.54) is 11.8 Å². The third-order valence-electron chi connectivity index (χ3n) is 3.84. The number of nitriles is 1. The van der Waals surface area contributed by atoms with Crippen LogP contribution < -0.4 is 4.74 Å². The van der Waals surface area contributed by atoms with Crippen molar-refractivity contribution >= 4 is 22.8 Å². The minimum atomic E-state index is -0.522. The first-order chi connectivity index (χ1) is 11.5. The molecule has 1 aliphatic heterocycles. The van der Waals surface area contributed by atoms with Crippen molar-refractivity contribution in [3.63, 3.8) is 0 Å². The molecular formula is C17H22N4O2S. The number of carbonyl (C=O) groups excluding carboxylic acids is 1. The summed E-state index contributed by atoms with van der Waals surface area (Å²) in [5.41, 5.74) is 1.10. The third-order valence-corrected chi connectivity index (χ3v) is 4.55. The Kier molecular flexibility index (Phi) is 6.50. The summed E-state index contributed by atoms with van der Waals surface area (Å²) in [5.74, 6) is 0.694. The number of ether oxygens (including phenoxy) is 1. The van der Waals surface area contributed by atoms with E-state index in [2.05, 4.69) is 4.99 Å². The largest absolute Gasteiger partial charge is 0.481 e. The van der Waals surface area contributed by atoms with Gasteiger partial charge in [0.15, 0.2) is 11.3 Å². The maximum atomic E-state index is 12.6. The van der Waals surface area contributed by atoms with Gasteiger partial charge in [-0.1, -0.05) is 23.9 Å². The molecule has 7 heteroatoms. The number of hydrogen-bond acceptors (Lipinski definition) is 5. The second-order valence-electron chi connectivity index (χ2n) is 5.59. The van der Waals surface area contributed by atoms with Crippen LogP contribution in [0.2, 0.25) is 0 Å². The Labute approximate surface area is 147 Å². The summed E-state index contributed by atoms with van der Waals surface area (Å²) in [6.07, 6.45) is 3.20. The molecule has 0 radical (unpaired) electrons. The molecule has 1 aromatic carbocycles. The Balaban J connectivity index is 1.90. The number of benzene rings is 1. The minimum absolute atomic E-state index is 0.0147. The predicted octanol–water partition coefficient (Wildman–Crippen LogP) is 2.11. The molecule has 6 nitrogen and oxygen atoms in total. The van der Waals surface area contributed by atoms with Gasteiger partial charge in [0, 0.05) is 26.2 Å². The number of amides is 1. The molecule has 1 fully saturated rings. The van der Waals surface area contributed by atoms with Crippen molar-refractivity contribution in [3.05, 3.63) is 29.8 Å². The highest BCUT2D eigenvalue weighted by Crippen LogP contribution is 2.16. The molecule has 1 amide bonds. The van der Waals surface area contributed by atoms with Crippen LogP contribution in [-0.2, 0) is 4.79 Å². The van der Waals surface area contributed by atoms with E-state index in [1.807, 2.05) is 48.5 Å². The SMILES string of the molecule is CSC(=NC#N)N1CCN(C(=O)C(C)Oc2cccc(C)c2)CC1. The Morgan fingerprint density at radius 3 is 2.58 bits per heavy atom. The molecule has 0 saturated carbocycles. The number of thioether (sulfide) groups is 1. The lowest BCUT2D eigenvalue weighted by atomic mass is 10.2. The average Bonchev–Trinajstić information content (AvgIpc) is 2.59. The van der Waals surface area contributed by atoms with Crippen LogP contribution in [0.4, 0.5) is 0 Å². The topological polar surface area (TPSA) is 68.9 Å². The molecule has 1 saturated heterocycles. The second kappa shape index (κ2) is 8.60. The van der Waals surface area contributed by atoms with Gasteiger partial charge in [-0.25, -0.2) is 0 Å². The van der Waals surface area contributed by atoms with Crippen LogP contribution in [0.15, 0.2) is 29.3 Å². The van der Waals surface area contributed by atoms with Gasteiger partial charge in [0.05, 0.1) is 0 Å². The van der Waals surface area contributed by atoms with Crippen molar-refractivity contribution in [1.82, 2.24) is 9.80 Å². The summed E-state index contributed by atoms with van der Waals surface area (Å²) >= 11 is 1.45. The number of nitrogens with zero attached hydrogens (tertiary/aromatic N) is 4. The number of aliphatic imine (C=N–C) groups is 1. The number of piperazine rings is 1.